The van der Waals surface area contributed by atoms with Gasteiger partial charge in [0.15, 0.2) is 6.17 Å². The third-order valence-electron chi connectivity index (χ3n) is 2.68. The summed E-state index contributed by atoms with van der Waals surface area (Å²) in [6, 6.07) is 2.61. The average molecular weight is 316 g/mol. The Bertz CT molecular complexity index is 430. The van der Waals surface area contributed by atoms with Crippen molar-refractivity contribution in [1.82, 2.24) is 0 Å². The molecule has 0 saturated heterocycles. The van der Waals surface area contributed by atoms with Crippen LogP contribution in [-0.4, -0.2) is 31.7 Å². The van der Waals surface area contributed by atoms with Gasteiger partial charge in [0.2, 0.25) is 0 Å². The van der Waals surface area contributed by atoms with E-state index in [2.05, 4.69) is 4.74 Å². The second-order valence-corrected chi connectivity index (χ2v) is 3.91. The lowest BCUT2D eigenvalue weighted by molar-refractivity contribution is -0.144. The first-order chi connectivity index (χ1) is 8.88. The highest BCUT2D eigenvalue weighted by Crippen LogP contribution is 2.26. The van der Waals surface area contributed by atoms with Crippen LogP contribution in [0.5, 0.6) is 0 Å². The van der Waals surface area contributed by atoms with E-state index in [4.69, 9.17) is 5.73 Å². The fraction of sp³-hybridized carbons (Fsp3) is 0.417. The number of hydrogen-bond donors (Lipinski definition) is 1. The number of ether oxygens (including phenoxy) is 1. The molecule has 3 atom stereocenters. The van der Waals surface area contributed by atoms with Crippen molar-refractivity contribution in [3.8, 4) is 0 Å². The molecule has 0 amide bonds. The Morgan fingerprint density at radius 3 is 2.10 bits per heavy atom. The number of benzene rings is 1. The molecule has 3 nitrogen and oxygen atoms in total. The first-order valence-electron chi connectivity index (χ1n) is 5.39. The summed E-state index contributed by atoms with van der Waals surface area (Å²) in [6.07, 6.45) is -6.00. The fourth-order valence-corrected chi connectivity index (χ4v) is 1.66. The number of methoxy groups -OCH3 is 1. The SMILES string of the molecule is COC(=O)C(c1ccc(F)cc1)C(N)C(F)C(F)F.Cl. The topological polar surface area (TPSA) is 52.3 Å². The van der Waals surface area contributed by atoms with Crippen molar-refractivity contribution in [2.24, 2.45) is 5.73 Å². The van der Waals surface area contributed by atoms with Crippen LogP contribution in [0.15, 0.2) is 24.3 Å². The number of carbonyl (C=O) groups is 1. The van der Waals surface area contributed by atoms with Gasteiger partial charge in [-0.2, -0.15) is 0 Å². The molecule has 20 heavy (non-hydrogen) atoms. The summed E-state index contributed by atoms with van der Waals surface area (Å²) in [7, 11) is 1.03. The predicted molar refractivity (Wildman–Crippen MR) is 67.3 cm³/mol. The minimum atomic E-state index is -3.32. The molecule has 8 heteroatoms. The van der Waals surface area contributed by atoms with Crippen molar-refractivity contribution >= 4 is 18.4 Å². The van der Waals surface area contributed by atoms with Crippen molar-refractivity contribution in [2.45, 2.75) is 24.6 Å². The molecule has 1 aromatic rings. The summed E-state index contributed by atoms with van der Waals surface area (Å²) in [5.74, 6) is -2.95. The Balaban J connectivity index is 0.00000361. The molecule has 3 unspecified atom stereocenters. The maximum atomic E-state index is 13.3. The summed E-state index contributed by atoms with van der Waals surface area (Å²) in [5.41, 5.74) is 5.47. The summed E-state index contributed by atoms with van der Waals surface area (Å²) in [6.45, 7) is 0. The average Bonchev–Trinajstić information content (AvgIpc) is 2.39. The zero-order valence-corrected chi connectivity index (χ0v) is 11.2. The molecule has 0 aliphatic carbocycles. The lowest BCUT2D eigenvalue weighted by Gasteiger charge is -2.24. The van der Waals surface area contributed by atoms with Gasteiger partial charge in [0.1, 0.15) is 5.82 Å². The fourth-order valence-electron chi connectivity index (χ4n) is 1.66. The lowest BCUT2D eigenvalue weighted by atomic mass is 9.89. The van der Waals surface area contributed by atoms with Crippen molar-refractivity contribution in [2.75, 3.05) is 7.11 Å². The number of hydrogen-bond acceptors (Lipinski definition) is 3. The number of rotatable bonds is 5. The predicted octanol–water partition coefficient (Wildman–Crippen LogP) is 2.43. The summed E-state index contributed by atoms with van der Waals surface area (Å²) in [5, 5.41) is 0. The number of halogens is 5. The zero-order valence-electron chi connectivity index (χ0n) is 10.4. The van der Waals surface area contributed by atoms with Crippen LogP contribution in [0.1, 0.15) is 11.5 Å². The number of carbonyl (C=O) groups excluding carboxylic acids is 1. The van der Waals surface area contributed by atoms with Crippen LogP contribution in [0, 0.1) is 5.82 Å². The van der Waals surface area contributed by atoms with Crippen LogP contribution in [0.2, 0.25) is 0 Å². The summed E-state index contributed by atoms with van der Waals surface area (Å²) in [4.78, 5) is 11.6. The van der Waals surface area contributed by atoms with Gasteiger partial charge in [-0.25, -0.2) is 17.6 Å². The number of esters is 1. The molecule has 0 aliphatic heterocycles. The van der Waals surface area contributed by atoms with E-state index in [-0.39, 0.29) is 18.0 Å². The molecular weight excluding hydrogens is 302 g/mol. The second-order valence-electron chi connectivity index (χ2n) is 3.91. The van der Waals surface area contributed by atoms with E-state index >= 15 is 0 Å². The Hall–Kier alpha value is -1.34. The normalized spacial score (nSPS) is 15.2. The van der Waals surface area contributed by atoms with Crippen LogP contribution in [0.4, 0.5) is 17.6 Å². The molecular formula is C12H14ClF4NO2. The van der Waals surface area contributed by atoms with Crippen LogP contribution in [0.25, 0.3) is 0 Å². The van der Waals surface area contributed by atoms with E-state index in [0.717, 1.165) is 19.2 Å². The van der Waals surface area contributed by atoms with Crippen LogP contribution in [-0.2, 0) is 9.53 Å². The molecule has 0 spiro atoms. The molecule has 0 fully saturated rings. The van der Waals surface area contributed by atoms with Crippen molar-refractivity contribution in [1.29, 1.82) is 0 Å². The molecule has 114 valence electrons. The van der Waals surface area contributed by atoms with Crippen molar-refractivity contribution in [3.05, 3.63) is 35.6 Å². The van der Waals surface area contributed by atoms with E-state index in [1.165, 1.54) is 12.1 Å². The maximum Gasteiger partial charge on any atom is 0.314 e. The quantitative estimate of drug-likeness (QED) is 0.671. The summed E-state index contributed by atoms with van der Waals surface area (Å²) >= 11 is 0. The monoisotopic (exact) mass is 315 g/mol. The van der Waals surface area contributed by atoms with Crippen LogP contribution >= 0.6 is 12.4 Å². The van der Waals surface area contributed by atoms with E-state index in [0.29, 0.717) is 0 Å². The van der Waals surface area contributed by atoms with Gasteiger partial charge in [-0.05, 0) is 17.7 Å². The Kier molecular flexibility index (Phi) is 7.52. The highest BCUT2D eigenvalue weighted by atomic mass is 35.5. The van der Waals surface area contributed by atoms with Gasteiger partial charge in [-0.3, -0.25) is 4.79 Å². The zero-order chi connectivity index (χ0) is 14.6. The summed E-state index contributed by atoms with van der Waals surface area (Å²) < 4.78 is 55.1. The minimum Gasteiger partial charge on any atom is -0.469 e. The van der Waals surface area contributed by atoms with E-state index in [1.54, 1.807) is 0 Å². The van der Waals surface area contributed by atoms with Gasteiger partial charge >= 0.3 is 5.97 Å². The van der Waals surface area contributed by atoms with Gasteiger partial charge in [-0.1, -0.05) is 12.1 Å². The minimum absolute atomic E-state index is 0. The van der Waals surface area contributed by atoms with Crippen LogP contribution < -0.4 is 5.73 Å². The van der Waals surface area contributed by atoms with E-state index in [1.807, 2.05) is 0 Å². The highest BCUT2D eigenvalue weighted by molar-refractivity contribution is 5.85. The standard InChI is InChI=1S/C12H13F4NO2.ClH/c1-19-12(18)8(10(17)9(14)11(15)16)6-2-4-7(13)5-3-6;/h2-5,8-11H,17H2,1H3;1H. The molecule has 0 aliphatic rings. The molecule has 0 aromatic heterocycles. The third-order valence-corrected chi connectivity index (χ3v) is 2.68. The van der Waals surface area contributed by atoms with E-state index < -0.39 is 36.3 Å². The first-order valence-corrected chi connectivity index (χ1v) is 5.39. The smallest absolute Gasteiger partial charge is 0.314 e. The highest BCUT2D eigenvalue weighted by Gasteiger charge is 2.38. The molecule has 0 heterocycles. The Morgan fingerprint density at radius 1 is 1.20 bits per heavy atom. The number of alkyl halides is 3. The maximum absolute atomic E-state index is 13.3. The number of nitrogens with two attached hydrogens (primary N) is 1. The van der Waals surface area contributed by atoms with Crippen molar-refractivity contribution in [3.63, 3.8) is 0 Å². The molecule has 0 radical (unpaired) electrons. The Morgan fingerprint density at radius 2 is 1.70 bits per heavy atom. The van der Waals surface area contributed by atoms with Crippen molar-refractivity contribution < 1.29 is 27.1 Å². The molecule has 2 N–H and O–H groups in total. The Labute approximate surface area is 119 Å². The van der Waals surface area contributed by atoms with Gasteiger partial charge in [0.05, 0.1) is 19.1 Å². The third kappa shape index (κ3) is 4.35. The van der Waals surface area contributed by atoms with Gasteiger partial charge in [0.25, 0.3) is 6.43 Å². The van der Waals surface area contributed by atoms with E-state index in [9.17, 15) is 22.4 Å². The molecule has 1 rings (SSSR count). The van der Waals surface area contributed by atoms with Crippen LogP contribution in [0.3, 0.4) is 0 Å². The lowest BCUT2D eigenvalue weighted by Crippen LogP contribution is -2.44. The molecule has 1 aromatic carbocycles. The largest absolute Gasteiger partial charge is 0.469 e. The van der Waals surface area contributed by atoms with Gasteiger partial charge in [0, 0.05) is 0 Å². The van der Waals surface area contributed by atoms with Gasteiger partial charge in [-0.15, -0.1) is 12.4 Å². The molecule has 0 bridgehead atoms. The van der Waals surface area contributed by atoms with Gasteiger partial charge < -0.3 is 10.5 Å². The molecule has 0 saturated carbocycles. The first kappa shape index (κ1) is 18.7. The second kappa shape index (κ2) is 8.06.